The van der Waals surface area contributed by atoms with Gasteiger partial charge in [-0.1, -0.05) is 12.1 Å². The van der Waals surface area contributed by atoms with Crippen molar-refractivity contribution < 1.29 is 4.79 Å². The summed E-state index contributed by atoms with van der Waals surface area (Å²) in [5, 5.41) is 20.0. The third-order valence-corrected chi connectivity index (χ3v) is 2.89. The van der Waals surface area contributed by atoms with Gasteiger partial charge in [-0.15, -0.1) is 0 Å². The first-order valence-corrected chi connectivity index (χ1v) is 6.43. The molecule has 1 amide bonds. The Balaban J connectivity index is 2.16. The van der Waals surface area contributed by atoms with Gasteiger partial charge in [-0.2, -0.15) is 0 Å². The van der Waals surface area contributed by atoms with Crippen molar-refractivity contribution in [3.8, 4) is 0 Å². The van der Waals surface area contributed by atoms with E-state index in [1.165, 1.54) is 0 Å². The molecular weight excluding hydrogens is 280 g/mol. The first kappa shape index (κ1) is 15.0. The second-order valence-corrected chi connectivity index (χ2v) is 4.53. The Hall–Kier alpha value is -3.35. The monoisotopic (exact) mass is 296 g/mol. The number of nitrogens with one attached hydrogen (secondary N) is 4. The van der Waals surface area contributed by atoms with Gasteiger partial charge in [-0.3, -0.25) is 15.6 Å². The number of anilines is 2. The maximum Gasteiger partial charge on any atom is 0.255 e. The van der Waals surface area contributed by atoms with Gasteiger partial charge in [0.05, 0.1) is 5.69 Å². The van der Waals surface area contributed by atoms with Gasteiger partial charge in [-0.25, -0.2) is 0 Å². The molecular formula is C15H16N6O. The third-order valence-electron chi connectivity index (χ3n) is 2.89. The summed E-state index contributed by atoms with van der Waals surface area (Å²) in [7, 11) is 0. The molecule has 0 spiro atoms. The molecule has 0 unspecified atom stereocenters. The molecule has 0 aromatic heterocycles. The van der Waals surface area contributed by atoms with Crippen LogP contribution in [0.25, 0.3) is 0 Å². The minimum Gasteiger partial charge on any atom is -0.384 e. The van der Waals surface area contributed by atoms with Crippen LogP contribution in [0.1, 0.15) is 15.9 Å². The van der Waals surface area contributed by atoms with E-state index < -0.39 is 0 Å². The molecule has 7 nitrogen and oxygen atoms in total. The highest BCUT2D eigenvalue weighted by Gasteiger charge is 2.10. The van der Waals surface area contributed by atoms with E-state index in [0.29, 0.717) is 22.5 Å². The van der Waals surface area contributed by atoms with Crippen LogP contribution in [0, 0.1) is 10.8 Å². The highest BCUT2D eigenvalue weighted by atomic mass is 16.1. The largest absolute Gasteiger partial charge is 0.384 e. The summed E-state index contributed by atoms with van der Waals surface area (Å²) in [4.78, 5) is 12.2. The quantitative estimate of drug-likeness (QED) is 0.376. The van der Waals surface area contributed by atoms with Gasteiger partial charge >= 0.3 is 0 Å². The number of hydrogen-bond donors (Lipinski definition) is 6. The molecule has 7 heteroatoms. The number of hydrogen-bond acceptors (Lipinski definition) is 3. The Morgan fingerprint density at radius 1 is 0.909 bits per heavy atom. The molecule has 2 aromatic rings. The first-order valence-electron chi connectivity index (χ1n) is 6.43. The van der Waals surface area contributed by atoms with Crippen molar-refractivity contribution in [2.75, 3.05) is 10.6 Å². The van der Waals surface area contributed by atoms with E-state index in [9.17, 15) is 4.79 Å². The van der Waals surface area contributed by atoms with Crippen molar-refractivity contribution in [3.05, 3.63) is 59.7 Å². The number of benzene rings is 2. The predicted octanol–water partition coefficient (Wildman–Crippen LogP) is 1.53. The van der Waals surface area contributed by atoms with Crippen LogP contribution < -0.4 is 22.1 Å². The molecule has 0 radical (unpaired) electrons. The van der Waals surface area contributed by atoms with E-state index >= 15 is 0 Å². The lowest BCUT2D eigenvalue weighted by atomic mass is 10.1. The molecule has 0 aliphatic rings. The summed E-state index contributed by atoms with van der Waals surface area (Å²) in [6.07, 6.45) is 0. The van der Waals surface area contributed by atoms with Crippen LogP contribution in [0.3, 0.4) is 0 Å². The van der Waals surface area contributed by atoms with Gasteiger partial charge in [0.25, 0.3) is 5.91 Å². The van der Waals surface area contributed by atoms with E-state index in [1.807, 2.05) is 0 Å². The molecule has 22 heavy (non-hydrogen) atoms. The predicted molar refractivity (Wildman–Crippen MR) is 87.4 cm³/mol. The fourth-order valence-corrected chi connectivity index (χ4v) is 1.88. The molecule has 8 N–H and O–H groups in total. The summed E-state index contributed by atoms with van der Waals surface area (Å²) in [5.41, 5.74) is 12.7. The average Bonchev–Trinajstić information content (AvgIpc) is 2.47. The van der Waals surface area contributed by atoms with Crippen molar-refractivity contribution in [2.24, 2.45) is 11.5 Å². The van der Waals surface area contributed by atoms with Gasteiger partial charge in [-0.05, 0) is 36.4 Å². The van der Waals surface area contributed by atoms with Crippen LogP contribution in [0.5, 0.6) is 0 Å². The second kappa shape index (κ2) is 6.40. The lowest BCUT2D eigenvalue weighted by molar-refractivity contribution is 0.102. The average molecular weight is 296 g/mol. The molecule has 0 bridgehead atoms. The molecule has 0 aliphatic heterocycles. The second-order valence-electron chi connectivity index (χ2n) is 4.53. The van der Waals surface area contributed by atoms with Crippen LogP contribution in [0.15, 0.2) is 48.5 Å². The SMILES string of the molecule is N=C(N)Nc1ccc(C(=O)Nc2ccccc2C(=N)N)cc1. The number of amides is 1. The summed E-state index contributed by atoms with van der Waals surface area (Å²) in [6.45, 7) is 0. The molecule has 0 fully saturated rings. The van der Waals surface area contributed by atoms with Crippen molar-refractivity contribution >= 4 is 29.1 Å². The topological polar surface area (TPSA) is 141 Å². The van der Waals surface area contributed by atoms with Crippen LogP contribution in [-0.2, 0) is 0 Å². The number of nitrogen functional groups attached to an aromatic ring is 1. The number of nitrogens with two attached hydrogens (primary N) is 2. The minimum atomic E-state index is -0.317. The van der Waals surface area contributed by atoms with E-state index in [4.69, 9.17) is 22.3 Å². The van der Waals surface area contributed by atoms with Gasteiger partial charge in [0, 0.05) is 16.8 Å². The van der Waals surface area contributed by atoms with Gasteiger partial charge in [0.2, 0.25) is 0 Å². The molecule has 0 saturated heterocycles. The highest BCUT2D eigenvalue weighted by Crippen LogP contribution is 2.16. The Kier molecular flexibility index (Phi) is 4.38. The van der Waals surface area contributed by atoms with E-state index in [0.717, 1.165) is 0 Å². The number of para-hydroxylation sites is 1. The van der Waals surface area contributed by atoms with Gasteiger partial charge < -0.3 is 22.1 Å². The maximum absolute atomic E-state index is 12.2. The summed E-state index contributed by atoms with van der Waals surface area (Å²) in [6, 6.07) is 13.4. The Morgan fingerprint density at radius 3 is 2.14 bits per heavy atom. The van der Waals surface area contributed by atoms with Crippen molar-refractivity contribution in [1.29, 1.82) is 10.8 Å². The van der Waals surface area contributed by atoms with Crippen molar-refractivity contribution in [3.63, 3.8) is 0 Å². The van der Waals surface area contributed by atoms with Gasteiger partial charge in [0.1, 0.15) is 5.84 Å². The Morgan fingerprint density at radius 2 is 1.55 bits per heavy atom. The lowest BCUT2D eigenvalue weighted by Gasteiger charge is -2.10. The molecule has 0 heterocycles. The highest BCUT2D eigenvalue weighted by molar-refractivity contribution is 6.09. The summed E-state index contributed by atoms with van der Waals surface area (Å²) < 4.78 is 0. The van der Waals surface area contributed by atoms with Crippen LogP contribution in [0.4, 0.5) is 11.4 Å². The lowest BCUT2D eigenvalue weighted by Crippen LogP contribution is -2.20. The van der Waals surface area contributed by atoms with Crippen LogP contribution in [0.2, 0.25) is 0 Å². The standard InChI is InChI=1S/C15H16N6O/c16-13(17)11-3-1-2-4-12(11)21-14(22)9-5-7-10(8-6-9)20-15(18)19/h1-8H,(H3,16,17)(H,21,22)(H4,18,19,20). The Bertz CT molecular complexity index is 723. The molecule has 0 atom stereocenters. The van der Waals surface area contributed by atoms with Gasteiger partial charge in [0.15, 0.2) is 5.96 Å². The molecule has 2 rings (SSSR count). The normalized spacial score (nSPS) is 9.82. The van der Waals surface area contributed by atoms with E-state index in [1.54, 1.807) is 48.5 Å². The fourth-order valence-electron chi connectivity index (χ4n) is 1.88. The van der Waals surface area contributed by atoms with Crippen LogP contribution in [-0.4, -0.2) is 17.7 Å². The molecule has 2 aromatic carbocycles. The Labute approximate surface area is 127 Å². The number of rotatable bonds is 4. The van der Waals surface area contributed by atoms with Crippen LogP contribution >= 0.6 is 0 Å². The molecule has 112 valence electrons. The first-order chi connectivity index (χ1) is 10.5. The summed E-state index contributed by atoms with van der Waals surface area (Å²) >= 11 is 0. The maximum atomic E-state index is 12.2. The zero-order valence-corrected chi connectivity index (χ0v) is 11.7. The fraction of sp³-hybridized carbons (Fsp3) is 0. The minimum absolute atomic E-state index is 0.114. The molecule has 0 aliphatic carbocycles. The van der Waals surface area contributed by atoms with Crippen molar-refractivity contribution in [1.82, 2.24) is 0 Å². The smallest absolute Gasteiger partial charge is 0.255 e. The zero-order valence-electron chi connectivity index (χ0n) is 11.7. The summed E-state index contributed by atoms with van der Waals surface area (Å²) in [5.74, 6) is -0.604. The zero-order chi connectivity index (χ0) is 16.1. The number of amidine groups is 1. The third kappa shape index (κ3) is 3.60. The molecule has 0 saturated carbocycles. The number of carbonyl (C=O) groups is 1. The number of guanidine groups is 1. The van der Waals surface area contributed by atoms with Crippen molar-refractivity contribution in [2.45, 2.75) is 0 Å². The number of carbonyl (C=O) groups excluding carboxylic acids is 1. The van der Waals surface area contributed by atoms with E-state index in [2.05, 4.69) is 10.6 Å². The van der Waals surface area contributed by atoms with E-state index in [-0.39, 0.29) is 17.7 Å².